The van der Waals surface area contributed by atoms with Crippen molar-refractivity contribution in [3.05, 3.63) is 52.9 Å². The predicted molar refractivity (Wildman–Crippen MR) is 73.1 cm³/mol. The van der Waals surface area contributed by atoms with Crippen LogP contribution in [0.4, 0.5) is 18.9 Å². The van der Waals surface area contributed by atoms with Gasteiger partial charge in [0.05, 0.1) is 5.69 Å². The van der Waals surface area contributed by atoms with Gasteiger partial charge in [0.25, 0.3) is 16.8 Å². The van der Waals surface area contributed by atoms with E-state index in [0.717, 1.165) is 22.8 Å². The van der Waals surface area contributed by atoms with Gasteiger partial charge in [-0.25, -0.2) is 4.21 Å². The highest BCUT2D eigenvalue weighted by atomic mass is 32.2. The molecule has 0 aliphatic carbocycles. The molecular weight excluding hydrogens is 325 g/mol. The first-order chi connectivity index (χ1) is 10.2. The van der Waals surface area contributed by atoms with E-state index >= 15 is 0 Å². The molecule has 1 heterocycles. The molecule has 0 spiro atoms. The number of nitrogens with one attached hydrogen (secondary N) is 1. The van der Waals surface area contributed by atoms with Crippen LogP contribution in [0.25, 0.3) is 5.69 Å². The molecule has 22 heavy (non-hydrogen) atoms. The van der Waals surface area contributed by atoms with Gasteiger partial charge < -0.3 is 4.74 Å². The summed E-state index contributed by atoms with van der Waals surface area (Å²) in [6, 6.07) is 7.06. The summed E-state index contributed by atoms with van der Waals surface area (Å²) in [5.41, 5.74) is 0.00158. The van der Waals surface area contributed by atoms with Gasteiger partial charge in [-0.2, -0.15) is 0 Å². The number of nitrogens with zero attached hydrogens (tertiary/aromatic N) is 1. The molecule has 1 aromatic heterocycles. The third-order valence-electron chi connectivity index (χ3n) is 2.46. The number of aromatic nitrogens is 1. The second-order valence-electron chi connectivity index (χ2n) is 4.02. The second-order valence-corrected chi connectivity index (χ2v) is 4.72. The van der Waals surface area contributed by atoms with Crippen LogP contribution in [0.5, 0.6) is 5.75 Å². The third kappa shape index (κ3) is 4.33. The largest absolute Gasteiger partial charge is 0.573 e. The highest BCUT2D eigenvalue weighted by molar-refractivity contribution is 7.80. The summed E-state index contributed by atoms with van der Waals surface area (Å²) >= 11 is -2.31. The topological polar surface area (TPSA) is 80.6 Å². The zero-order valence-corrected chi connectivity index (χ0v) is 11.5. The van der Waals surface area contributed by atoms with Crippen LogP contribution in [-0.2, 0) is 11.3 Å². The zero-order chi connectivity index (χ0) is 16.3. The molecule has 0 radical (unpaired) electrons. The van der Waals surface area contributed by atoms with Crippen molar-refractivity contribution >= 4 is 17.0 Å². The first-order valence-corrected chi connectivity index (χ1v) is 6.82. The van der Waals surface area contributed by atoms with Crippen LogP contribution in [0.2, 0.25) is 0 Å². The Bertz CT molecular complexity index is 743. The fourth-order valence-electron chi connectivity index (χ4n) is 1.66. The minimum atomic E-state index is -4.80. The summed E-state index contributed by atoms with van der Waals surface area (Å²) < 4.78 is 62.6. The van der Waals surface area contributed by atoms with Gasteiger partial charge in [-0.1, -0.05) is 0 Å². The van der Waals surface area contributed by atoms with Gasteiger partial charge in [-0.3, -0.25) is 18.6 Å². The molecule has 2 N–H and O–H groups in total. The number of pyridine rings is 1. The van der Waals surface area contributed by atoms with Crippen molar-refractivity contribution < 1.29 is 26.7 Å². The number of benzene rings is 1. The molecular formula is C12H9F3N2O4S. The van der Waals surface area contributed by atoms with E-state index in [-0.39, 0.29) is 11.4 Å². The molecule has 0 saturated carbocycles. The Hall–Kier alpha value is -2.33. The van der Waals surface area contributed by atoms with Crippen molar-refractivity contribution in [1.29, 1.82) is 0 Å². The molecule has 6 nitrogen and oxygen atoms in total. The molecule has 1 aromatic carbocycles. The smallest absolute Gasteiger partial charge is 0.406 e. The number of hydrogen-bond donors (Lipinski definition) is 2. The first kappa shape index (κ1) is 16.0. The lowest BCUT2D eigenvalue weighted by molar-refractivity contribution is -0.274. The molecule has 2 aromatic rings. The minimum Gasteiger partial charge on any atom is -0.406 e. The average molecular weight is 334 g/mol. The molecule has 2 rings (SSSR count). The van der Waals surface area contributed by atoms with E-state index in [0.29, 0.717) is 0 Å². The van der Waals surface area contributed by atoms with Gasteiger partial charge in [0.2, 0.25) is 0 Å². The summed E-state index contributed by atoms with van der Waals surface area (Å²) in [6.45, 7) is 0. The van der Waals surface area contributed by atoms with Gasteiger partial charge in [0, 0.05) is 18.0 Å². The van der Waals surface area contributed by atoms with Crippen molar-refractivity contribution in [3.63, 3.8) is 0 Å². The van der Waals surface area contributed by atoms with Crippen molar-refractivity contribution in [2.45, 2.75) is 6.36 Å². The van der Waals surface area contributed by atoms with Crippen LogP contribution in [0.15, 0.2) is 47.4 Å². The van der Waals surface area contributed by atoms with Crippen LogP contribution in [0, 0.1) is 0 Å². The Balaban J connectivity index is 2.31. The highest BCUT2D eigenvalue weighted by Gasteiger charge is 2.30. The SMILES string of the molecule is O=c1ccc(NS(=O)O)cn1-c1ccc(OC(F)(F)F)cc1. The van der Waals surface area contributed by atoms with E-state index in [9.17, 15) is 22.2 Å². The predicted octanol–water partition coefficient (Wildman–Crippen LogP) is 2.28. The number of anilines is 1. The van der Waals surface area contributed by atoms with E-state index in [1.54, 1.807) is 0 Å². The van der Waals surface area contributed by atoms with Crippen molar-refractivity contribution in [1.82, 2.24) is 4.57 Å². The summed E-state index contributed by atoms with van der Waals surface area (Å²) in [4.78, 5) is 11.8. The number of rotatable bonds is 4. The fourth-order valence-corrected chi connectivity index (χ4v) is 1.98. The van der Waals surface area contributed by atoms with E-state index < -0.39 is 28.9 Å². The van der Waals surface area contributed by atoms with Crippen LogP contribution in [0.3, 0.4) is 0 Å². The van der Waals surface area contributed by atoms with Crippen LogP contribution in [0.1, 0.15) is 0 Å². The second kappa shape index (κ2) is 6.20. The molecule has 10 heteroatoms. The Kier molecular flexibility index (Phi) is 4.52. The van der Waals surface area contributed by atoms with E-state index in [2.05, 4.69) is 9.46 Å². The Morgan fingerprint density at radius 2 is 1.77 bits per heavy atom. The summed E-state index contributed by atoms with van der Waals surface area (Å²) in [5.74, 6) is -0.421. The Labute approximate surface area is 124 Å². The highest BCUT2D eigenvalue weighted by Crippen LogP contribution is 2.23. The minimum absolute atomic E-state index is 0.191. The molecule has 0 aliphatic rings. The number of hydrogen-bond acceptors (Lipinski definition) is 3. The van der Waals surface area contributed by atoms with Crippen molar-refractivity contribution in [2.75, 3.05) is 4.72 Å². The fraction of sp³-hybridized carbons (Fsp3) is 0.0833. The first-order valence-electron chi connectivity index (χ1n) is 5.71. The molecule has 0 amide bonds. The molecule has 1 unspecified atom stereocenters. The van der Waals surface area contributed by atoms with Gasteiger partial charge in [0.1, 0.15) is 5.75 Å². The summed E-state index contributed by atoms with van der Waals surface area (Å²) in [7, 11) is 0. The maximum absolute atomic E-state index is 12.1. The lowest BCUT2D eigenvalue weighted by Gasteiger charge is -2.11. The van der Waals surface area contributed by atoms with E-state index in [4.69, 9.17) is 4.55 Å². The van der Waals surface area contributed by atoms with Crippen molar-refractivity contribution in [3.8, 4) is 11.4 Å². The normalized spacial score (nSPS) is 12.7. The maximum atomic E-state index is 12.1. The Morgan fingerprint density at radius 1 is 1.14 bits per heavy atom. The van der Waals surface area contributed by atoms with Gasteiger partial charge in [-0.15, -0.1) is 13.2 Å². The van der Waals surface area contributed by atoms with E-state index in [1.807, 2.05) is 0 Å². The summed E-state index contributed by atoms with van der Waals surface area (Å²) in [5, 5.41) is 0. The van der Waals surface area contributed by atoms with Crippen molar-refractivity contribution in [2.24, 2.45) is 0 Å². The lowest BCUT2D eigenvalue weighted by atomic mass is 10.3. The zero-order valence-electron chi connectivity index (χ0n) is 10.7. The van der Waals surface area contributed by atoms with Gasteiger partial charge >= 0.3 is 6.36 Å². The molecule has 0 saturated heterocycles. The lowest BCUT2D eigenvalue weighted by Crippen LogP contribution is -2.18. The maximum Gasteiger partial charge on any atom is 0.573 e. The standard InChI is InChI=1S/C12H9F3N2O4S/c13-12(14,15)21-10-4-2-9(3-5-10)17-7-8(16-22(19)20)1-6-11(17)18/h1-7,16H,(H,19,20). The Morgan fingerprint density at radius 3 is 2.32 bits per heavy atom. The molecule has 0 fully saturated rings. The number of alkyl halides is 3. The van der Waals surface area contributed by atoms with Crippen LogP contribution in [-0.4, -0.2) is 19.7 Å². The molecule has 1 atom stereocenters. The quantitative estimate of drug-likeness (QED) is 0.841. The van der Waals surface area contributed by atoms with E-state index in [1.165, 1.54) is 24.4 Å². The van der Waals surface area contributed by atoms with Crippen LogP contribution >= 0.6 is 0 Å². The molecule has 118 valence electrons. The van der Waals surface area contributed by atoms with Crippen LogP contribution < -0.4 is 15.0 Å². The number of ether oxygens (including phenoxy) is 1. The molecule has 0 bridgehead atoms. The third-order valence-corrected chi connectivity index (χ3v) is 2.88. The number of halogens is 3. The summed E-state index contributed by atoms with van der Waals surface area (Å²) in [6.07, 6.45) is -3.55. The van der Waals surface area contributed by atoms with Gasteiger partial charge in [-0.05, 0) is 30.3 Å². The van der Waals surface area contributed by atoms with Gasteiger partial charge in [0.15, 0.2) is 0 Å². The monoisotopic (exact) mass is 334 g/mol. The average Bonchev–Trinajstić information content (AvgIpc) is 2.40. The molecule has 0 aliphatic heterocycles.